The number of nitrogens with zero attached hydrogens (tertiary/aromatic N) is 1. The van der Waals surface area contributed by atoms with Crippen LogP contribution in [0, 0.1) is 5.82 Å². The molecule has 2 unspecified atom stereocenters. The number of hydrogen-bond donors (Lipinski definition) is 1. The summed E-state index contributed by atoms with van der Waals surface area (Å²) < 4.78 is 13.4. The number of halogens is 2. The molecule has 0 bridgehead atoms. The van der Waals surface area contributed by atoms with Crippen LogP contribution in [-0.2, 0) is 4.79 Å². The van der Waals surface area contributed by atoms with Gasteiger partial charge in [-0.25, -0.2) is 4.39 Å². The molecule has 2 rings (SSSR count). The first-order chi connectivity index (χ1) is 9.49. The molecule has 5 heteroatoms. The number of carbonyl (C=O) groups is 1. The molecule has 2 atom stereocenters. The third-order valence-electron chi connectivity index (χ3n) is 3.73. The molecule has 1 heterocycles. The molecular formula is C15H20ClFN2O. The molecule has 0 aromatic heterocycles. The van der Waals surface area contributed by atoms with Gasteiger partial charge in [-0.05, 0) is 44.4 Å². The van der Waals surface area contributed by atoms with Crippen LogP contribution in [0.3, 0.4) is 0 Å². The van der Waals surface area contributed by atoms with Crippen molar-refractivity contribution in [2.24, 2.45) is 0 Å². The van der Waals surface area contributed by atoms with Gasteiger partial charge in [0.15, 0.2) is 0 Å². The van der Waals surface area contributed by atoms with Crippen LogP contribution >= 0.6 is 11.6 Å². The molecule has 3 nitrogen and oxygen atoms in total. The molecule has 1 aromatic carbocycles. The molecule has 1 aliphatic heterocycles. The van der Waals surface area contributed by atoms with E-state index < -0.39 is 5.82 Å². The van der Waals surface area contributed by atoms with Crippen LogP contribution in [0.25, 0.3) is 0 Å². The van der Waals surface area contributed by atoms with Crippen LogP contribution in [0.1, 0.15) is 38.3 Å². The van der Waals surface area contributed by atoms with Crippen LogP contribution in [0.2, 0.25) is 5.02 Å². The van der Waals surface area contributed by atoms with Gasteiger partial charge in [-0.1, -0.05) is 17.7 Å². The van der Waals surface area contributed by atoms with Gasteiger partial charge < -0.3 is 4.90 Å². The second-order valence-corrected chi connectivity index (χ2v) is 5.72. The minimum Gasteiger partial charge on any atom is -0.341 e. The lowest BCUT2D eigenvalue weighted by atomic mass is 10.1. The Hall–Kier alpha value is -1.13. The summed E-state index contributed by atoms with van der Waals surface area (Å²) in [5.74, 6) is -0.319. The number of likely N-dealkylation sites (tertiary alicyclic amines) is 1. The van der Waals surface area contributed by atoms with E-state index >= 15 is 0 Å². The van der Waals surface area contributed by atoms with Crippen molar-refractivity contribution in [3.63, 3.8) is 0 Å². The Kier molecular flexibility index (Phi) is 5.00. The molecule has 20 heavy (non-hydrogen) atoms. The third-order valence-corrected chi connectivity index (χ3v) is 4.04. The third kappa shape index (κ3) is 3.49. The molecule has 1 fully saturated rings. The van der Waals surface area contributed by atoms with Crippen LogP contribution in [0.5, 0.6) is 0 Å². The molecule has 110 valence electrons. The largest absolute Gasteiger partial charge is 0.341 e. The van der Waals surface area contributed by atoms with E-state index in [-0.39, 0.29) is 23.0 Å². The molecular weight excluding hydrogens is 279 g/mol. The molecule has 1 aromatic rings. The first kappa shape index (κ1) is 15.3. The van der Waals surface area contributed by atoms with Gasteiger partial charge in [-0.15, -0.1) is 0 Å². The summed E-state index contributed by atoms with van der Waals surface area (Å²) in [7, 11) is 0. The zero-order chi connectivity index (χ0) is 14.7. The zero-order valence-corrected chi connectivity index (χ0v) is 12.6. The first-order valence-electron chi connectivity index (χ1n) is 6.99. The Labute approximate surface area is 124 Å². The molecule has 0 radical (unpaired) electrons. The number of carbonyl (C=O) groups excluding carboxylic acids is 1. The second kappa shape index (κ2) is 6.55. The average Bonchev–Trinajstić information content (AvgIpc) is 2.94. The highest BCUT2D eigenvalue weighted by atomic mass is 35.5. The lowest BCUT2D eigenvalue weighted by molar-refractivity contribution is -0.132. The number of nitrogens with one attached hydrogen (secondary N) is 1. The zero-order valence-electron chi connectivity index (χ0n) is 11.8. The van der Waals surface area contributed by atoms with Crippen LogP contribution < -0.4 is 5.32 Å². The normalized spacial score (nSPS) is 18.1. The molecule has 0 spiro atoms. The fourth-order valence-corrected chi connectivity index (χ4v) is 2.65. The molecule has 0 saturated carbocycles. The smallest absolute Gasteiger partial charge is 0.239 e. The van der Waals surface area contributed by atoms with Crippen molar-refractivity contribution < 1.29 is 9.18 Å². The summed E-state index contributed by atoms with van der Waals surface area (Å²) in [4.78, 5) is 14.1. The van der Waals surface area contributed by atoms with Gasteiger partial charge >= 0.3 is 0 Å². The van der Waals surface area contributed by atoms with Crippen LogP contribution in [-0.4, -0.2) is 29.9 Å². The van der Waals surface area contributed by atoms with Crippen molar-refractivity contribution in [2.75, 3.05) is 13.1 Å². The first-order valence-corrected chi connectivity index (χ1v) is 7.36. The van der Waals surface area contributed by atoms with E-state index in [4.69, 9.17) is 11.6 Å². The van der Waals surface area contributed by atoms with Gasteiger partial charge in [-0.2, -0.15) is 0 Å². The standard InChI is InChI=1S/C15H20ClFN2O/c1-10(12-5-6-13(16)14(17)9-12)18-11(2)15(20)19-7-3-4-8-19/h5-6,9-11,18H,3-4,7-8H2,1-2H3. The minimum absolute atomic E-state index is 0.108. The Morgan fingerprint density at radius 1 is 1.35 bits per heavy atom. The maximum atomic E-state index is 13.4. The fraction of sp³-hybridized carbons (Fsp3) is 0.533. The quantitative estimate of drug-likeness (QED) is 0.926. The summed E-state index contributed by atoms with van der Waals surface area (Å²) in [6, 6.07) is 4.34. The van der Waals surface area contributed by atoms with Gasteiger partial charge in [0.25, 0.3) is 0 Å². The number of hydrogen-bond acceptors (Lipinski definition) is 2. The highest BCUT2D eigenvalue weighted by Crippen LogP contribution is 2.20. The van der Waals surface area contributed by atoms with E-state index in [0.29, 0.717) is 0 Å². The van der Waals surface area contributed by atoms with E-state index in [1.54, 1.807) is 6.07 Å². The van der Waals surface area contributed by atoms with E-state index in [9.17, 15) is 9.18 Å². The van der Waals surface area contributed by atoms with Crippen molar-refractivity contribution >= 4 is 17.5 Å². The predicted molar refractivity (Wildman–Crippen MR) is 78.2 cm³/mol. The lowest BCUT2D eigenvalue weighted by Gasteiger charge is -2.24. The summed E-state index contributed by atoms with van der Waals surface area (Å²) in [6.45, 7) is 5.45. The number of benzene rings is 1. The van der Waals surface area contributed by atoms with Crippen molar-refractivity contribution in [1.82, 2.24) is 10.2 Å². The summed E-state index contributed by atoms with van der Waals surface area (Å²) in [5.41, 5.74) is 0.785. The molecule has 0 aliphatic carbocycles. The van der Waals surface area contributed by atoms with Crippen molar-refractivity contribution in [2.45, 2.75) is 38.8 Å². The Bertz CT molecular complexity index is 489. The molecule has 1 saturated heterocycles. The van der Waals surface area contributed by atoms with Gasteiger partial charge in [0.2, 0.25) is 5.91 Å². The maximum Gasteiger partial charge on any atom is 0.239 e. The number of rotatable bonds is 4. The van der Waals surface area contributed by atoms with Gasteiger partial charge in [0.1, 0.15) is 5.82 Å². The SMILES string of the molecule is CC(NC(C)c1ccc(Cl)c(F)c1)C(=O)N1CCCC1. The van der Waals surface area contributed by atoms with Gasteiger partial charge in [0, 0.05) is 19.1 Å². The van der Waals surface area contributed by atoms with Crippen LogP contribution in [0.4, 0.5) is 4.39 Å². The van der Waals surface area contributed by atoms with Crippen LogP contribution in [0.15, 0.2) is 18.2 Å². The fourth-order valence-electron chi connectivity index (χ4n) is 2.54. The van der Waals surface area contributed by atoms with E-state index in [1.165, 1.54) is 12.1 Å². The van der Waals surface area contributed by atoms with Gasteiger partial charge in [-0.3, -0.25) is 10.1 Å². The Morgan fingerprint density at radius 3 is 2.60 bits per heavy atom. The molecule has 1 N–H and O–H groups in total. The Morgan fingerprint density at radius 2 is 2.00 bits per heavy atom. The maximum absolute atomic E-state index is 13.4. The Balaban J connectivity index is 1.97. The summed E-state index contributed by atoms with van der Waals surface area (Å²) >= 11 is 5.67. The summed E-state index contributed by atoms with van der Waals surface area (Å²) in [5, 5.41) is 3.33. The average molecular weight is 299 g/mol. The molecule has 1 amide bonds. The van der Waals surface area contributed by atoms with Crippen molar-refractivity contribution in [3.8, 4) is 0 Å². The van der Waals surface area contributed by atoms with E-state index in [0.717, 1.165) is 31.5 Å². The second-order valence-electron chi connectivity index (χ2n) is 5.32. The topological polar surface area (TPSA) is 32.3 Å². The lowest BCUT2D eigenvalue weighted by Crippen LogP contribution is -2.44. The summed E-state index contributed by atoms with van der Waals surface area (Å²) in [6.07, 6.45) is 2.16. The predicted octanol–water partition coefficient (Wildman–Crippen LogP) is 3.14. The monoisotopic (exact) mass is 298 g/mol. The highest BCUT2D eigenvalue weighted by molar-refractivity contribution is 6.30. The van der Waals surface area contributed by atoms with E-state index in [2.05, 4.69) is 5.32 Å². The van der Waals surface area contributed by atoms with E-state index in [1.807, 2.05) is 18.7 Å². The molecule has 1 aliphatic rings. The van der Waals surface area contributed by atoms with Crippen molar-refractivity contribution in [1.29, 1.82) is 0 Å². The van der Waals surface area contributed by atoms with Gasteiger partial charge in [0.05, 0.1) is 11.1 Å². The highest BCUT2D eigenvalue weighted by Gasteiger charge is 2.24. The number of amides is 1. The van der Waals surface area contributed by atoms with Crippen molar-refractivity contribution in [3.05, 3.63) is 34.6 Å². The minimum atomic E-state index is -0.434.